The number of benzene rings is 1. The number of piperidine rings is 1. The minimum absolute atomic E-state index is 0.0658. The number of anilines is 1. The van der Waals surface area contributed by atoms with E-state index in [1.54, 1.807) is 18.5 Å². The third-order valence-corrected chi connectivity index (χ3v) is 8.31. The molecular weight excluding hydrogens is 516 g/mol. The Labute approximate surface area is 241 Å². The van der Waals surface area contributed by atoms with E-state index in [4.69, 9.17) is 0 Å². The van der Waals surface area contributed by atoms with E-state index in [0.717, 1.165) is 31.2 Å². The minimum atomic E-state index is -0.966. The van der Waals surface area contributed by atoms with E-state index in [9.17, 15) is 14.4 Å². The molecular formula is C32H40N6O3. The Kier molecular flexibility index (Phi) is 8.52. The number of carbonyl (C=O) groups excluding carboxylic acids is 3. The van der Waals surface area contributed by atoms with E-state index in [1.807, 2.05) is 35.2 Å². The van der Waals surface area contributed by atoms with E-state index < -0.39 is 11.9 Å². The van der Waals surface area contributed by atoms with Crippen LogP contribution in [0.2, 0.25) is 0 Å². The third kappa shape index (κ3) is 6.50. The summed E-state index contributed by atoms with van der Waals surface area (Å²) in [5.41, 5.74) is 2.46. The molecule has 41 heavy (non-hydrogen) atoms. The lowest BCUT2D eigenvalue weighted by atomic mass is 9.87. The number of rotatable bonds is 7. The Hall–Kier alpha value is -4.01. The average molecular weight is 557 g/mol. The number of nitrogens with one attached hydrogen (secondary N) is 2. The summed E-state index contributed by atoms with van der Waals surface area (Å²) in [6.45, 7) is 7.65. The van der Waals surface area contributed by atoms with Gasteiger partial charge in [-0.3, -0.25) is 24.3 Å². The molecule has 9 heteroatoms. The van der Waals surface area contributed by atoms with Gasteiger partial charge in [0.1, 0.15) is 11.7 Å². The smallest absolute Gasteiger partial charge is 0.279 e. The molecule has 2 N–H and O–H groups in total. The number of hydrogen-bond donors (Lipinski definition) is 2. The van der Waals surface area contributed by atoms with Gasteiger partial charge in [0.25, 0.3) is 5.91 Å². The van der Waals surface area contributed by atoms with Crippen molar-refractivity contribution in [3.8, 4) is 0 Å². The second-order valence-electron chi connectivity index (χ2n) is 12.2. The van der Waals surface area contributed by atoms with Crippen molar-refractivity contribution in [3.05, 3.63) is 78.1 Å². The summed E-state index contributed by atoms with van der Waals surface area (Å²) in [4.78, 5) is 55.7. The number of carbonyl (C=O) groups is 3. The summed E-state index contributed by atoms with van der Waals surface area (Å²) in [6.07, 6.45) is 11.8. The van der Waals surface area contributed by atoms with Gasteiger partial charge in [-0.15, -0.1) is 0 Å². The number of amides is 3. The zero-order chi connectivity index (χ0) is 29.0. The molecule has 3 aromatic rings. The van der Waals surface area contributed by atoms with Crippen LogP contribution >= 0.6 is 0 Å². The van der Waals surface area contributed by atoms with Crippen molar-refractivity contribution < 1.29 is 14.4 Å². The van der Waals surface area contributed by atoms with Crippen LogP contribution in [0.5, 0.6) is 0 Å². The minimum Gasteiger partial charge on any atom is -0.351 e. The number of aromatic nitrogens is 3. The summed E-state index contributed by atoms with van der Waals surface area (Å²) in [5.74, 6) is -0.268. The standard InChI is InChI=1S/C32H40N6O3/c1-32(2,3)24-10-12-26(13-11-24)38(31(41)27-20-34-21-35-27)28(23-9-6-16-33-19-23)29(39)36-25-14-17-37(18-15-25)30(40)22-7-4-5-8-22/h6,9-13,16,19-22,25,28H,4-5,7-8,14-15,17-18H2,1-3H3,(H,34,35)(H,36,39). The fourth-order valence-corrected chi connectivity index (χ4v) is 5.92. The van der Waals surface area contributed by atoms with Gasteiger partial charge >= 0.3 is 0 Å². The topological polar surface area (TPSA) is 111 Å². The maximum absolute atomic E-state index is 14.1. The van der Waals surface area contributed by atoms with E-state index in [0.29, 0.717) is 37.2 Å². The molecule has 2 aromatic heterocycles. The average Bonchev–Trinajstić information content (AvgIpc) is 3.71. The van der Waals surface area contributed by atoms with Crippen molar-refractivity contribution in [3.63, 3.8) is 0 Å². The first-order chi connectivity index (χ1) is 19.7. The summed E-state index contributed by atoms with van der Waals surface area (Å²) in [5, 5.41) is 3.21. The zero-order valence-electron chi connectivity index (χ0n) is 24.2. The fourth-order valence-electron chi connectivity index (χ4n) is 5.92. The molecule has 9 nitrogen and oxygen atoms in total. The van der Waals surface area contributed by atoms with Crippen LogP contribution < -0.4 is 10.2 Å². The van der Waals surface area contributed by atoms with Crippen LogP contribution in [0.1, 0.15) is 87.0 Å². The van der Waals surface area contributed by atoms with Crippen molar-refractivity contribution >= 4 is 23.4 Å². The molecule has 2 aliphatic rings. The quantitative estimate of drug-likeness (QED) is 0.435. The van der Waals surface area contributed by atoms with Gasteiger partial charge in [-0.2, -0.15) is 0 Å². The Morgan fingerprint density at radius 3 is 2.32 bits per heavy atom. The number of imidazole rings is 1. The maximum Gasteiger partial charge on any atom is 0.279 e. The third-order valence-electron chi connectivity index (χ3n) is 8.31. The molecule has 216 valence electrons. The van der Waals surface area contributed by atoms with E-state index >= 15 is 0 Å². The Morgan fingerprint density at radius 2 is 1.73 bits per heavy atom. The van der Waals surface area contributed by atoms with E-state index in [-0.39, 0.29) is 34.9 Å². The highest BCUT2D eigenvalue weighted by Crippen LogP contribution is 2.32. The molecule has 1 saturated heterocycles. The summed E-state index contributed by atoms with van der Waals surface area (Å²) in [7, 11) is 0. The van der Waals surface area contributed by atoms with Crippen molar-refractivity contribution in [2.24, 2.45) is 5.92 Å². The van der Waals surface area contributed by atoms with Crippen LogP contribution in [0, 0.1) is 5.92 Å². The maximum atomic E-state index is 14.1. The van der Waals surface area contributed by atoms with Crippen LogP contribution in [0.25, 0.3) is 0 Å². The van der Waals surface area contributed by atoms with Crippen LogP contribution in [-0.2, 0) is 15.0 Å². The van der Waals surface area contributed by atoms with Crippen molar-refractivity contribution in [2.75, 3.05) is 18.0 Å². The molecule has 2 fully saturated rings. The fraction of sp³-hybridized carbons (Fsp3) is 0.469. The van der Waals surface area contributed by atoms with Gasteiger partial charge < -0.3 is 15.2 Å². The molecule has 1 aliphatic heterocycles. The largest absolute Gasteiger partial charge is 0.351 e. The lowest BCUT2D eigenvalue weighted by Crippen LogP contribution is -2.51. The van der Waals surface area contributed by atoms with Crippen LogP contribution in [0.4, 0.5) is 5.69 Å². The van der Waals surface area contributed by atoms with Crippen molar-refractivity contribution in [1.29, 1.82) is 0 Å². The number of hydrogen-bond acceptors (Lipinski definition) is 5. The number of likely N-dealkylation sites (tertiary alicyclic amines) is 1. The molecule has 1 aliphatic carbocycles. The number of pyridine rings is 1. The molecule has 5 rings (SSSR count). The lowest BCUT2D eigenvalue weighted by molar-refractivity contribution is -0.136. The normalized spacial score (nSPS) is 17.3. The summed E-state index contributed by atoms with van der Waals surface area (Å²) in [6, 6.07) is 10.3. The number of H-pyrrole nitrogens is 1. The molecule has 0 radical (unpaired) electrons. The van der Waals surface area contributed by atoms with Gasteiger partial charge in [-0.25, -0.2) is 4.98 Å². The second kappa shape index (κ2) is 12.2. The predicted octanol–water partition coefficient (Wildman–Crippen LogP) is 4.79. The lowest BCUT2D eigenvalue weighted by Gasteiger charge is -2.36. The van der Waals surface area contributed by atoms with Crippen molar-refractivity contribution in [1.82, 2.24) is 25.2 Å². The SMILES string of the molecule is CC(C)(C)c1ccc(N(C(=O)c2c[nH]cn2)C(C(=O)NC2CCN(C(=O)C3CCCC3)CC2)c2cccnc2)cc1. The molecule has 3 amide bonds. The number of aromatic amines is 1. The first-order valence-electron chi connectivity index (χ1n) is 14.6. The molecule has 3 heterocycles. The monoisotopic (exact) mass is 556 g/mol. The van der Waals surface area contributed by atoms with Crippen LogP contribution in [-0.4, -0.2) is 56.7 Å². The van der Waals surface area contributed by atoms with Gasteiger partial charge in [0.05, 0.1) is 6.33 Å². The van der Waals surface area contributed by atoms with Gasteiger partial charge in [-0.1, -0.05) is 51.8 Å². The number of nitrogens with zero attached hydrogens (tertiary/aromatic N) is 4. The first kappa shape index (κ1) is 28.5. The zero-order valence-corrected chi connectivity index (χ0v) is 24.2. The van der Waals surface area contributed by atoms with Gasteiger partial charge in [-0.05, 0) is 54.9 Å². The Morgan fingerprint density at radius 1 is 1.02 bits per heavy atom. The summed E-state index contributed by atoms with van der Waals surface area (Å²) < 4.78 is 0. The highest BCUT2D eigenvalue weighted by Gasteiger charge is 2.37. The molecule has 0 spiro atoms. The molecule has 0 bridgehead atoms. The first-order valence-corrected chi connectivity index (χ1v) is 14.6. The van der Waals surface area contributed by atoms with Gasteiger partial charge in [0.2, 0.25) is 11.8 Å². The highest BCUT2D eigenvalue weighted by atomic mass is 16.2. The molecule has 1 unspecified atom stereocenters. The Bertz CT molecular complexity index is 1320. The second-order valence-corrected chi connectivity index (χ2v) is 12.2. The summed E-state index contributed by atoms with van der Waals surface area (Å²) >= 11 is 0. The Balaban J connectivity index is 1.41. The molecule has 1 aromatic carbocycles. The van der Waals surface area contributed by atoms with Gasteiger partial charge in [0, 0.05) is 54.9 Å². The van der Waals surface area contributed by atoms with E-state index in [2.05, 4.69) is 41.0 Å². The van der Waals surface area contributed by atoms with Crippen LogP contribution in [0.15, 0.2) is 61.3 Å². The van der Waals surface area contributed by atoms with Crippen LogP contribution in [0.3, 0.4) is 0 Å². The van der Waals surface area contributed by atoms with E-state index in [1.165, 1.54) is 17.4 Å². The van der Waals surface area contributed by atoms with Crippen molar-refractivity contribution in [2.45, 2.75) is 76.8 Å². The van der Waals surface area contributed by atoms with Gasteiger partial charge in [0.15, 0.2) is 0 Å². The predicted molar refractivity (Wildman–Crippen MR) is 157 cm³/mol. The highest BCUT2D eigenvalue weighted by molar-refractivity contribution is 6.09. The molecule has 1 atom stereocenters. The molecule has 1 saturated carbocycles.